The number of sulfonamides is 1. The van der Waals surface area contributed by atoms with Crippen molar-refractivity contribution in [3.8, 4) is 17.2 Å². The lowest BCUT2D eigenvalue weighted by Crippen LogP contribution is -2.27. The van der Waals surface area contributed by atoms with E-state index in [1.807, 2.05) is 36.4 Å². The smallest absolute Gasteiger partial charge is 0.262 e. The minimum absolute atomic E-state index is 0.223. The Morgan fingerprint density at radius 3 is 2.36 bits per heavy atom. The summed E-state index contributed by atoms with van der Waals surface area (Å²) in [5, 5.41) is 2.80. The van der Waals surface area contributed by atoms with Crippen molar-refractivity contribution in [2.45, 2.75) is 24.7 Å². The summed E-state index contributed by atoms with van der Waals surface area (Å²) in [6, 6.07) is 21.2. The van der Waals surface area contributed by atoms with Gasteiger partial charge in [0.2, 0.25) is 10.0 Å². The molecule has 0 unspecified atom stereocenters. The zero-order valence-electron chi connectivity index (χ0n) is 18.4. The van der Waals surface area contributed by atoms with Crippen LogP contribution in [0.1, 0.15) is 18.4 Å². The molecule has 1 saturated heterocycles. The van der Waals surface area contributed by atoms with E-state index in [1.54, 1.807) is 37.3 Å². The molecule has 33 heavy (non-hydrogen) atoms. The third-order valence-electron chi connectivity index (χ3n) is 5.34. The summed E-state index contributed by atoms with van der Waals surface area (Å²) in [5.41, 5.74) is 1.18. The van der Waals surface area contributed by atoms with Crippen molar-refractivity contribution >= 4 is 21.6 Å². The summed E-state index contributed by atoms with van der Waals surface area (Å²) in [7, 11) is -3.50. The van der Waals surface area contributed by atoms with Crippen LogP contribution >= 0.6 is 0 Å². The predicted octanol–water partition coefficient (Wildman–Crippen LogP) is 4.59. The number of hydrogen-bond donors (Lipinski definition) is 1. The Morgan fingerprint density at radius 1 is 0.939 bits per heavy atom. The zero-order chi connectivity index (χ0) is 23.3. The molecule has 3 aromatic rings. The van der Waals surface area contributed by atoms with E-state index in [4.69, 9.17) is 9.47 Å². The molecule has 1 aliphatic rings. The van der Waals surface area contributed by atoms with Crippen LogP contribution < -0.4 is 14.8 Å². The monoisotopic (exact) mass is 466 g/mol. The Morgan fingerprint density at radius 2 is 1.64 bits per heavy atom. The van der Waals surface area contributed by atoms with Gasteiger partial charge in [-0.15, -0.1) is 0 Å². The van der Waals surface area contributed by atoms with Crippen molar-refractivity contribution in [1.29, 1.82) is 0 Å². The normalized spacial score (nSPS) is 14.1. The molecule has 1 heterocycles. The van der Waals surface area contributed by atoms with Gasteiger partial charge in [-0.1, -0.05) is 30.3 Å². The fourth-order valence-corrected chi connectivity index (χ4v) is 5.23. The molecule has 7 nitrogen and oxygen atoms in total. The number of amides is 1. The van der Waals surface area contributed by atoms with Gasteiger partial charge in [-0.2, -0.15) is 4.31 Å². The number of carbonyl (C=O) groups is 1. The maximum atomic E-state index is 12.7. The van der Waals surface area contributed by atoms with Gasteiger partial charge in [0.15, 0.2) is 12.4 Å². The highest BCUT2D eigenvalue weighted by Crippen LogP contribution is 2.29. The molecule has 3 aromatic carbocycles. The van der Waals surface area contributed by atoms with Gasteiger partial charge in [0.05, 0.1) is 10.6 Å². The number of rotatable bonds is 8. The van der Waals surface area contributed by atoms with Crippen LogP contribution in [0.2, 0.25) is 0 Å². The number of anilines is 1. The summed E-state index contributed by atoms with van der Waals surface area (Å²) >= 11 is 0. The molecule has 1 N–H and O–H groups in total. The van der Waals surface area contributed by atoms with Gasteiger partial charge < -0.3 is 14.8 Å². The maximum absolute atomic E-state index is 12.7. The topological polar surface area (TPSA) is 84.9 Å². The Balaban J connectivity index is 1.39. The van der Waals surface area contributed by atoms with E-state index in [-0.39, 0.29) is 17.4 Å². The lowest BCUT2D eigenvalue weighted by Gasteiger charge is -2.17. The highest BCUT2D eigenvalue weighted by molar-refractivity contribution is 7.89. The van der Waals surface area contributed by atoms with Gasteiger partial charge >= 0.3 is 0 Å². The number of benzene rings is 3. The van der Waals surface area contributed by atoms with Crippen LogP contribution in [-0.4, -0.2) is 38.3 Å². The van der Waals surface area contributed by atoms with Crippen LogP contribution in [-0.2, 0) is 14.8 Å². The van der Waals surface area contributed by atoms with Crippen LogP contribution in [0.15, 0.2) is 77.7 Å². The number of aryl methyl sites for hydroxylation is 1. The van der Waals surface area contributed by atoms with Crippen LogP contribution in [0.5, 0.6) is 17.2 Å². The first-order valence-corrected chi connectivity index (χ1v) is 12.2. The summed E-state index contributed by atoms with van der Waals surface area (Å²) in [6.45, 7) is 2.64. The SMILES string of the molecule is Cc1cc(S(=O)(=O)N2CCCC2)ccc1OCC(=O)Nc1ccccc1Oc1ccccc1. The van der Waals surface area contributed by atoms with Crippen LogP contribution in [0, 0.1) is 6.92 Å². The van der Waals surface area contributed by atoms with Gasteiger partial charge in [0, 0.05) is 13.1 Å². The Bertz CT molecular complexity index is 1220. The lowest BCUT2D eigenvalue weighted by molar-refractivity contribution is -0.118. The molecule has 0 aliphatic carbocycles. The highest BCUT2D eigenvalue weighted by atomic mass is 32.2. The molecule has 0 bridgehead atoms. The first kappa shape index (κ1) is 22.8. The largest absolute Gasteiger partial charge is 0.483 e. The van der Waals surface area contributed by atoms with Crippen LogP contribution in [0.25, 0.3) is 0 Å². The molecule has 1 fully saturated rings. The second-order valence-corrected chi connectivity index (χ2v) is 9.72. The molecule has 4 rings (SSSR count). The number of para-hydroxylation sites is 3. The average Bonchev–Trinajstić information content (AvgIpc) is 3.36. The summed E-state index contributed by atoms with van der Waals surface area (Å²) < 4.78 is 38.5. The molecular weight excluding hydrogens is 440 g/mol. The molecule has 1 aliphatic heterocycles. The van der Waals surface area contributed by atoms with Crippen molar-refractivity contribution in [1.82, 2.24) is 4.31 Å². The molecule has 0 aromatic heterocycles. The van der Waals surface area contributed by atoms with E-state index in [9.17, 15) is 13.2 Å². The van der Waals surface area contributed by atoms with E-state index in [0.717, 1.165) is 12.8 Å². The first-order chi connectivity index (χ1) is 15.9. The van der Waals surface area contributed by atoms with Gasteiger partial charge in [0.1, 0.15) is 11.5 Å². The minimum Gasteiger partial charge on any atom is -0.483 e. The van der Waals surface area contributed by atoms with E-state index < -0.39 is 10.0 Å². The van der Waals surface area contributed by atoms with Crippen molar-refractivity contribution in [3.05, 3.63) is 78.4 Å². The summed E-state index contributed by atoms with van der Waals surface area (Å²) in [6.07, 6.45) is 1.77. The van der Waals surface area contributed by atoms with Crippen LogP contribution in [0.3, 0.4) is 0 Å². The summed E-state index contributed by atoms with van der Waals surface area (Å²) in [4.78, 5) is 12.7. The van der Waals surface area contributed by atoms with Gasteiger partial charge in [-0.3, -0.25) is 4.79 Å². The minimum atomic E-state index is -3.50. The van der Waals surface area contributed by atoms with Crippen LogP contribution in [0.4, 0.5) is 5.69 Å². The fourth-order valence-electron chi connectivity index (χ4n) is 3.63. The van der Waals surface area contributed by atoms with Gasteiger partial charge in [-0.05, 0) is 67.8 Å². The third-order valence-corrected chi connectivity index (χ3v) is 7.23. The molecule has 0 spiro atoms. The van der Waals surface area contributed by atoms with Crippen molar-refractivity contribution in [3.63, 3.8) is 0 Å². The molecule has 0 atom stereocenters. The second-order valence-electron chi connectivity index (χ2n) is 7.79. The van der Waals surface area contributed by atoms with Crippen molar-refractivity contribution in [2.24, 2.45) is 0 Å². The number of nitrogens with one attached hydrogen (secondary N) is 1. The zero-order valence-corrected chi connectivity index (χ0v) is 19.2. The second kappa shape index (κ2) is 10.1. The van der Waals surface area contributed by atoms with E-state index in [2.05, 4.69) is 5.32 Å². The number of nitrogens with zero attached hydrogens (tertiary/aromatic N) is 1. The molecule has 172 valence electrons. The third kappa shape index (κ3) is 5.53. The number of hydrogen-bond acceptors (Lipinski definition) is 5. The summed E-state index contributed by atoms with van der Waals surface area (Å²) in [5.74, 6) is 1.28. The number of carbonyl (C=O) groups excluding carboxylic acids is 1. The average molecular weight is 467 g/mol. The van der Waals surface area contributed by atoms with E-state index in [0.29, 0.717) is 41.6 Å². The quantitative estimate of drug-likeness (QED) is 0.525. The van der Waals surface area contributed by atoms with Crippen molar-refractivity contribution < 1.29 is 22.7 Å². The Labute approximate surface area is 194 Å². The molecule has 0 radical (unpaired) electrons. The number of ether oxygens (including phenoxy) is 2. The molecule has 0 saturated carbocycles. The molecular formula is C25H26N2O5S. The highest BCUT2D eigenvalue weighted by Gasteiger charge is 2.27. The molecule has 1 amide bonds. The van der Waals surface area contributed by atoms with Crippen molar-refractivity contribution in [2.75, 3.05) is 25.0 Å². The van der Waals surface area contributed by atoms with E-state index in [1.165, 1.54) is 10.4 Å². The Kier molecular flexibility index (Phi) is 6.96. The first-order valence-electron chi connectivity index (χ1n) is 10.8. The maximum Gasteiger partial charge on any atom is 0.262 e. The van der Waals surface area contributed by atoms with Gasteiger partial charge in [-0.25, -0.2) is 8.42 Å². The van der Waals surface area contributed by atoms with Gasteiger partial charge in [0.25, 0.3) is 5.91 Å². The standard InChI is InChI=1S/C25H26N2O5S/c1-19-17-21(33(29,30)27-15-7-8-16-27)13-14-23(19)31-18-25(28)26-22-11-5-6-12-24(22)32-20-9-3-2-4-10-20/h2-6,9-14,17H,7-8,15-16,18H2,1H3,(H,26,28). The Hall–Kier alpha value is -3.36. The molecule has 8 heteroatoms. The fraction of sp³-hybridized carbons (Fsp3) is 0.240. The van der Waals surface area contributed by atoms with E-state index >= 15 is 0 Å². The lowest BCUT2D eigenvalue weighted by atomic mass is 10.2. The predicted molar refractivity (Wildman–Crippen MR) is 126 cm³/mol.